The monoisotopic (exact) mass is 290 g/mol. The summed E-state index contributed by atoms with van der Waals surface area (Å²) in [6.07, 6.45) is 2.31. The number of hydrogen-bond acceptors (Lipinski definition) is 2. The van der Waals surface area contributed by atoms with E-state index in [0.29, 0.717) is 6.04 Å². The Morgan fingerprint density at radius 1 is 1.10 bits per heavy atom. The first-order chi connectivity index (χ1) is 9.87. The van der Waals surface area contributed by atoms with E-state index in [1.807, 2.05) is 0 Å². The number of hydrogen-bond donors (Lipinski definition) is 1. The standard InChI is InChI=1S/C19H34N2/c1-7-16(3)21(8-2)15-18-12-10-9-11-17(18)13-14-20-19(4,5)6/h9-12,16,20H,7-8,13-15H2,1-6H3. The Morgan fingerprint density at radius 2 is 1.71 bits per heavy atom. The molecule has 0 saturated carbocycles. The highest BCUT2D eigenvalue weighted by Gasteiger charge is 2.13. The van der Waals surface area contributed by atoms with E-state index in [1.165, 1.54) is 17.5 Å². The van der Waals surface area contributed by atoms with Crippen molar-refractivity contribution in [3.63, 3.8) is 0 Å². The zero-order valence-electron chi connectivity index (χ0n) is 14.9. The van der Waals surface area contributed by atoms with Gasteiger partial charge in [0, 0.05) is 18.1 Å². The molecule has 2 heteroatoms. The van der Waals surface area contributed by atoms with E-state index in [0.717, 1.165) is 26.1 Å². The molecule has 1 unspecified atom stereocenters. The van der Waals surface area contributed by atoms with E-state index in [4.69, 9.17) is 0 Å². The van der Waals surface area contributed by atoms with E-state index < -0.39 is 0 Å². The third-order valence-electron chi connectivity index (χ3n) is 4.16. The summed E-state index contributed by atoms with van der Waals surface area (Å²) in [4.78, 5) is 2.57. The van der Waals surface area contributed by atoms with E-state index in [1.54, 1.807) is 0 Å². The van der Waals surface area contributed by atoms with Gasteiger partial charge < -0.3 is 5.32 Å². The average Bonchev–Trinajstić information content (AvgIpc) is 2.44. The van der Waals surface area contributed by atoms with Gasteiger partial charge in [-0.2, -0.15) is 0 Å². The number of benzene rings is 1. The highest BCUT2D eigenvalue weighted by atomic mass is 15.1. The topological polar surface area (TPSA) is 15.3 Å². The van der Waals surface area contributed by atoms with E-state index in [2.05, 4.69) is 76.0 Å². The first-order valence-corrected chi connectivity index (χ1v) is 8.43. The van der Waals surface area contributed by atoms with Crippen molar-refractivity contribution in [3.05, 3.63) is 35.4 Å². The SMILES string of the molecule is CCC(C)N(CC)Cc1ccccc1CCNC(C)(C)C. The summed E-state index contributed by atoms with van der Waals surface area (Å²) in [6.45, 7) is 16.7. The number of rotatable bonds is 8. The molecule has 0 spiro atoms. The van der Waals surface area contributed by atoms with Crippen molar-refractivity contribution in [1.82, 2.24) is 10.2 Å². The average molecular weight is 290 g/mol. The van der Waals surface area contributed by atoms with Crippen LogP contribution in [-0.2, 0) is 13.0 Å². The summed E-state index contributed by atoms with van der Waals surface area (Å²) < 4.78 is 0. The Kier molecular flexibility index (Phi) is 7.41. The lowest BCUT2D eigenvalue weighted by atomic mass is 10.0. The van der Waals surface area contributed by atoms with Crippen LogP contribution in [0.4, 0.5) is 0 Å². The minimum Gasteiger partial charge on any atom is -0.312 e. The van der Waals surface area contributed by atoms with Crippen LogP contribution >= 0.6 is 0 Å². The molecule has 1 aromatic carbocycles. The third-order valence-corrected chi connectivity index (χ3v) is 4.16. The molecule has 1 rings (SSSR count). The lowest BCUT2D eigenvalue weighted by Crippen LogP contribution is -2.37. The van der Waals surface area contributed by atoms with Crippen molar-refractivity contribution >= 4 is 0 Å². The van der Waals surface area contributed by atoms with Crippen molar-refractivity contribution in [3.8, 4) is 0 Å². The maximum absolute atomic E-state index is 3.59. The van der Waals surface area contributed by atoms with Gasteiger partial charge in [-0.3, -0.25) is 4.90 Å². The summed E-state index contributed by atoms with van der Waals surface area (Å²) in [5, 5.41) is 3.59. The lowest BCUT2D eigenvalue weighted by Gasteiger charge is -2.28. The molecule has 0 aliphatic rings. The van der Waals surface area contributed by atoms with Crippen molar-refractivity contribution in [1.29, 1.82) is 0 Å². The van der Waals surface area contributed by atoms with E-state index in [9.17, 15) is 0 Å². The fourth-order valence-corrected chi connectivity index (χ4v) is 2.58. The Morgan fingerprint density at radius 3 is 2.24 bits per heavy atom. The van der Waals surface area contributed by atoms with Gasteiger partial charge in [-0.15, -0.1) is 0 Å². The van der Waals surface area contributed by atoms with Crippen LogP contribution in [0.25, 0.3) is 0 Å². The fraction of sp³-hybridized carbons (Fsp3) is 0.684. The van der Waals surface area contributed by atoms with Gasteiger partial charge in [0.1, 0.15) is 0 Å². The van der Waals surface area contributed by atoms with Gasteiger partial charge in [0.15, 0.2) is 0 Å². The first-order valence-electron chi connectivity index (χ1n) is 8.43. The zero-order valence-corrected chi connectivity index (χ0v) is 14.9. The van der Waals surface area contributed by atoms with Crippen LogP contribution in [0.1, 0.15) is 59.1 Å². The van der Waals surface area contributed by atoms with Crippen LogP contribution in [0, 0.1) is 0 Å². The summed E-state index contributed by atoms with van der Waals surface area (Å²) in [6, 6.07) is 9.55. The van der Waals surface area contributed by atoms with E-state index >= 15 is 0 Å². The normalized spacial score (nSPS) is 13.7. The molecule has 0 fully saturated rings. The second-order valence-electron chi connectivity index (χ2n) is 7.02. The van der Waals surface area contributed by atoms with Crippen LogP contribution < -0.4 is 5.32 Å². The van der Waals surface area contributed by atoms with Gasteiger partial charge in [0.05, 0.1) is 0 Å². The maximum Gasteiger partial charge on any atom is 0.0239 e. The summed E-state index contributed by atoms with van der Waals surface area (Å²) in [5.74, 6) is 0. The molecule has 1 aromatic rings. The van der Waals surface area contributed by atoms with Crippen molar-refractivity contribution in [2.75, 3.05) is 13.1 Å². The molecule has 1 N–H and O–H groups in total. The zero-order chi connectivity index (χ0) is 15.9. The second-order valence-corrected chi connectivity index (χ2v) is 7.02. The summed E-state index contributed by atoms with van der Waals surface area (Å²) >= 11 is 0. The van der Waals surface area contributed by atoms with Crippen LogP contribution in [0.2, 0.25) is 0 Å². The molecule has 0 aromatic heterocycles. The highest BCUT2D eigenvalue weighted by Crippen LogP contribution is 2.15. The quantitative estimate of drug-likeness (QED) is 0.770. The van der Waals surface area contributed by atoms with Gasteiger partial charge in [-0.25, -0.2) is 0 Å². The van der Waals surface area contributed by atoms with Gasteiger partial charge in [0.2, 0.25) is 0 Å². The molecule has 2 nitrogen and oxygen atoms in total. The fourth-order valence-electron chi connectivity index (χ4n) is 2.58. The Hall–Kier alpha value is -0.860. The Labute approximate surface area is 131 Å². The predicted octanol–water partition coefficient (Wildman–Crippen LogP) is 4.24. The molecular weight excluding hydrogens is 256 g/mol. The van der Waals surface area contributed by atoms with Crippen molar-refractivity contribution in [2.45, 2.75) is 72.5 Å². The van der Waals surface area contributed by atoms with Gasteiger partial charge in [0.25, 0.3) is 0 Å². The van der Waals surface area contributed by atoms with Crippen LogP contribution in [0.5, 0.6) is 0 Å². The predicted molar refractivity (Wildman–Crippen MR) is 93.7 cm³/mol. The smallest absolute Gasteiger partial charge is 0.0239 e. The molecule has 0 amide bonds. The first kappa shape index (κ1) is 18.2. The third kappa shape index (κ3) is 6.62. The van der Waals surface area contributed by atoms with Crippen LogP contribution in [0.15, 0.2) is 24.3 Å². The maximum atomic E-state index is 3.59. The highest BCUT2D eigenvalue weighted by molar-refractivity contribution is 5.27. The molecule has 0 heterocycles. The van der Waals surface area contributed by atoms with E-state index in [-0.39, 0.29) is 5.54 Å². The Balaban J connectivity index is 2.70. The molecule has 21 heavy (non-hydrogen) atoms. The van der Waals surface area contributed by atoms with Crippen LogP contribution in [-0.4, -0.2) is 29.6 Å². The van der Waals surface area contributed by atoms with Crippen LogP contribution in [0.3, 0.4) is 0 Å². The van der Waals surface area contributed by atoms with Gasteiger partial charge >= 0.3 is 0 Å². The molecule has 0 radical (unpaired) electrons. The number of nitrogens with one attached hydrogen (secondary N) is 1. The van der Waals surface area contributed by atoms with Gasteiger partial charge in [-0.05, 0) is 64.8 Å². The minimum atomic E-state index is 0.196. The summed E-state index contributed by atoms with van der Waals surface area (Å²) in [5.41, 5.74) is 3.16. The second kappa shape index (κ2) is 8.55. The van der Waals surface area contributed by atoms with Crippen molar-refractivity contribution in [2.24, 2.45) is 0 Å². The molecule has 0 bridgehead atoms. The molecule has 120 valence electrons. The molecule has 0 saturated heterocycles. The molecule has 0 aliphatic heterocycles. The molecule has 1 atom stereocenters. The molecule has 0 aliphatic carbocycles. The molecular formula is C19H34N2. The number of nitrogens with zero attached hydrogens (tertiary/aromatic N) is 1. The minimum absolute atomic E-state index is 0.196. The largest absolute Gasteiger partial charge is 0.312 e. The Bertz CT molecular complexity index is 406. The van der Waals surface area contributed by atoms with Gasteiger partial charge in [-0.1, -0.05) is 38.1 Å². The summed E-state index contributed by atoms with van der Waals surface area (Å²) in [7, 11) is 0. The lowest BCUT2D eigenvalue weighted by molar-refractivity contribution is 0.205. The van der Waals surface area contributed by atoms with Crippen molar-refractivity contribution < 1.29 is 0 Å².